The van der Waals surface area contributed by atoms with Crippen LogP contribution in [0.2, 0.25) is 0 Å². The molecule has 1 aliphatic heterocycles. The number of ketones is 1. The lowest BCUT2D eigenvalue weighted by Gasteiger charge is -2.30. The molecule has 1 fully saturated rings. The van der Waals surface area contributed by atoms with Gasteiger partial charge < -0.3 is 14.8 Å². The van der Waals surface area contributed by atoms with Gasteiger partial charge in [0.1, 0.15) is 35.8 Å². The van der Waals surface area contributed by atoms with Gasteiger partial charge in [-0.25, -0.2) is 13.8 Å². The molecular formula is C33H32F5N3O4. The smallest absolute Gasteiger partial charge is 0.389 e. The number of Topliss-reactive ketones (excluding diaryl/α,β-unsaturated/α-hetero) is 1. The van der Waals surface area contributed by atoms with Crippen LogP contribution in [0, 0.1) is 23.0 Å². The Hall–Kier alpha value is -4.21. The molecule has 3 aromatic rings. The number of hydrogen-bond donors (Lipinski definition) is 1. The van der Waals surface area contributed by atoms with Gasteiger partial charge in [0.15, 0.2) is 0 Å². The minimum absolute atomic E-state index is 0.0141. The molecule has 0 saturated carbocycles. The number of morpholine rings is 1. The first kappa shape index (κ1) is 33.7. The topological polar surface area (TPSA) is 101 Å². The van der Waals surface area contributed by atoms with Crippen LogP contribution in [0.15, 0.2) is 60.8 Å². The van der Waals surface area contributed by atoms with Gasteiger partial charge in [-0.2, -0.15) is 18.4 Å². The van der Waals surface area contributed by atoms with E-state index in [1.807, 2.05) is 6.07 Å². The molecule has 7 nitrogen and oxygen atoms in total. The second kappa shape index (κ2) is 15.7. The van der Waals surface area contributed by atoms with Crippen LogP contribution in [0.25, 0.3) is 0 Å². The first-order valence-corrected chi connectivity index (χ1v) is 14.5. The Labute approximate surface area is 257 Å². The molecule has 2 aromatic carbocycles. The number of pyridine rings is 1. The predicted octanol–water partition coefficient (Wildman–Crippen LogP) is 5.74. The van der Waals surface area contributed by atoms with Crippen molar-refractivity contribution in [3.05, 3.63) is 100 Å². The summed E-state index contributed by atoms with van der Waals surface area (Å²) in [6, 6.07) is 15.3. The standard InChI is InChI=1S/C33H32F5N3O4/c34-23-8-6-21(7-9-23)29(28-4-2-14-40-31(28)17-39)16-25(42)15-22-3-1-5-30(35)27(22)11-10-26-18-41-24(19-44-26)20-45-32(43)12-13-33(36,37)38/h1-9,14,24,26,29,41H,10-13,15-16,18-20H2/t24-,26+,29-/m0/s1. The number of carbonyl (C=O) groups excluding carboxylic acids is 2. The predicted molar refractivity (Wildman–Crippen MR) is 153 cm³/mol. The molecule has 2 heterocycles. The van der Waals surface area contributed by atoms with Gasteiger partial charge in [-0.05, 0) is 59.4 Å². The molecule has 0 bridgehead atoms. The van der Waals surface area contributed by atoms with Crippen LogP contribution >= 0.6 is 0 Å². The molecular weight excluding hydrogens is 597 g/mol. The third-order valence-corrected chi connectivity index (χ3v) is 7.57. The number of benzene rings is 2. The van der Waals surface area contributed by atoms with Crippen LogP contribution in [0.5, 0.6) is 0 Å². The lowest BCUT2D eigenvalue weighted by Crippen LogP contribution is -2.49. The summed E-state index contributed by atoms with van der Waals surface area (Å²) in [4.78, 5) is 29.1. The van der Waals surface area contributed by atoms with Gasteiger partial charge in [-0.3, -0.25) is 9.59 Å². The van der Waals surface area contributed by atoms with E-state index in [9.17, 15) is 36.8 Å². The maximum absolute atomic E-state index is 15.0. The van der Waals surface area contributed by atoms with Gasteiger partial charge in [-0.1, -0.05) is 30.3 Å². The Bertz CT molecular complexity index is 1500. The number of halogens is 5. The Morgan fingerprint density at radius 1 is 1.11 bits per heavy atom. The van der Waals surface area contributed by atoms with Gasteiger partial charge in [-0.15, -0.1) is 0 Å². The summed E-state index contributed by atoms with van der Waals surface area (Å²) < 4.78 is 76.2. The molecule has 0 spiro atoms. The van der Waals surface area contributed by atoms with Gasteiger partial charge in [0.05, 0.1) is 31.6 Å². The van der Waals surface area contributed by atoms with Crippen molar-refractivity contribution in [2.45, 2.75) is 62.8 Å². The van der Waals surface area contributed by atoms with E-state index in [4.69, 9.17) is 9.47 Å². The van der Waals surface area contributed by atoms with Crippen molar-refractivity contribution in [2.75, 3.05) is 19.8 Å². The van der Waals surface area contributed by atoms with Crippen molar-refractivity contribution in [3.8, 4) is 6.07 Å². The highest BCUT2D eigenvalue weighted by Crippen LogP contribution is 2.31. The normalized spacial score (nSPS) is 17.3. The van der Waals surface area contributed by atoms with Crippen LogP contribution in [-0.4, -0.2) is 54.8 Å². The Balaban J connectivity index is 1.34. The number of hydrogen-bond acceptors (Lipinski definition) is 7. The number of nitriles is 1. The van der Waals surface area contributed by atoms with Gasteiger partial charge >= 0.3 is 12.1 Å². The summed E-state index contributed by atoms with van der Waals surface area (Å²) in [5, 5.41) is 12.7. The lowest BCUT2D eigenvalue weighted by atomic mass is 9.84. The van der Waals surface area contributed by atoms with Crippen LogP contribution in [0.4, 0.5) is 22.0 Å². The summed E-state index contributed by atoms with van der Waals surface area (Å²) in [6.07, 6.45) is -4.61. The van der Waals surface area contributed by atoms with Crippen LogP contribution in [-0.2, 0) is 31.9 Å². The van der Waals surface area contributed by atoms with Crippen molar-refractivity contribution < 1.29 is 41.0 Å². The summed E-state index contributed by atoms with van der Waals surface area (Å²) in [5.74, 6) is -2.59. The fourth-order valence-electron chi connectivity index (χ4n) is 5.23. The molecule has 0 amide bonds. The number of ether oxygens (including phenoxy) is 2. The highest BCUT2D eigenvalue weighted by atomic mass is 19.4. The van der Waals surface area contributed by atoms with E-state index in [-0.39, 0.29) is 56.1 Å². The quantitative estimate of drug-likeness (QED) is 0.190. The average molecular weight is 630 g/mol. The molecule has 12 heteroatoms. The molecule has 1 saturated heterocycles. The number of rotatable bonds is 13. The SMILES string of the molecule is N#Cc1ncccc1[C@@H](CC(=O)Cc1cccc(F)c1CC[C@@H]1CN[C@H](COC(=O)CCC(F)(F)F)CO1)c1ccc(F)cc1. The maximum Gasteiger partial charge on any atom is 0.389 e. The molecule has 1 N–H and O–H groups in total. The number of aromatic nitrogens is 1. The highest BCUT2D eigenvalue weighted by Gasteiger charge is 2.29. The molecule has 0 unspecified atom stereocenters. The van der Waals surface area contributed by atoms with Crippen LogP contribution in [0.3, 0.4) is 0 Å². The van der Waals surface area contributed by atoms with E-state index < -0.39 is 42.5 Å². The molecule has 1 aromatic heterocycles. The number of carbonyl (C=O) groups is 2. The zero-order valence-electron chi connectivity index (χ0n) is 24.3. The molecule has 3 atom stereocenters. The fourth-order valence-corrected chi connectivity index (χ4v) is 5.23. The third kappa shape index (κ3) is 10.2. The van der Waals surface area contributed by atoms with E-state index >= 15 is 0 Å². The maximum atomic E-state index is 15.0. The van der Waals surface area contributed by atoms with Gasteiger partial charge in [0.25, 0.3) is 0 Å². The fraction of sp³-hybridized carbons (Fsp3) is 0.394. The first-order valence-electron chi connectivity index (χ1n) is 14.5. The van der Waals surface area contributed by atoms with Crippen molar-refractivity contribution in [2.24, 2.45) is 0 Å². The van der Waals surface area contributed by atoms with Crippen molar-refractivity contribution in [3.63, 3.8) is 0 Å². The lowest BCUT2D eigenvalue weighted by molar-refractivity contribution is -0.158. The molecule has 238 valence electrons. The van der Waals surface area contributed by atoms with Crippen LogP contribution < -0.4 is 5.32 Å². The molecule has 1 aliphatic rings. The summed E-state index contributed by atoms with van der Waals surface area (Å²) in [5.41, 5.74) is 2.25. The summed E-state index contributed by atoms with van der Waals surface area (Å²) in [6.45, 7) is 0.389. The Kier molecular flexibility index (Phi) is 11.7. The molecule has 0 radical (unpaired) electrons. The highest BCUT2D eigenvalue weighted by molar-refractivity contribution is 5.82. The number of nitrogens with zero attached hydrogens (tertiary/aromatic N) is 2. The van der Waals surface area contributed by atoms with Crippen molar-refractivity contribution in [1.29, 1.82) is 5.26 Å². The first-order chi connectivity index (χ1) is 21.5. The zero-order valence-corrected chi connectivity index (χ0v) is 24.3. The minimum Gasteiger partial charge on any atom is -0.464 e. The van der Waals surface area contributed by atoms with E-state index in [1.165, 1.54) is 30.5 Å². The van der Waals surface area contributed by atoms with Crippen molar-refractivity contribution >= 4 is 11.8 Å². The number of esters is 1. The molecule has 0 aliphatic carbocycles. The summed E-state index contributed by atoms with van der Waals surface area (Å²) >= 11 is 0. The van der Waals surface area contributed by atoms with E-state index in [2.05, 4.69) is 10.3 Å². The van der Waals surface area contributed by atoms with E-state index in [0.717, 1.165) is 0 Å². The average Bonchev–Trinajstić information content (AvgIpc) is 3.02. The van der Waals surface area contributed by atoms with Crippen molar-refractivity contribution in [1.82, 2.24) is 10.3 Å². The number of alkyl halides is 3. The largest absolute Gasteiger partial charge is 0.464 e. The second-order valence-corrected chi connectivity index (χ2v) is 10.9. The van der Waals surface area contributed by atoms with E-state index in [1.54, 1.807) is 30.3 Å². The van der Waals surface area contributed by atoms with Gasteiger partial charge in [0.2, 0.25) is 0 Å². The molecule has 4 rings (SSSR count). The van der Waals surface area contributed by atoms with Gasteiger partial charge in [0, 0.05) is 31.5 Å². The Morgan fingerprint density at radius 3 is 2.58 bits per heavy atom. The minimum atomic E-state index is -4.43. The zero-order chi connectivity index (χ0) is 32.4. The Morgan fingerprint density at radius 2 is 1.89 bits per heavy atom. The number of nitrogens with one attached hydrogen (secondary N) is 1. The third-order valence-electron chi connectivity index (χ3n) is 7.57. The second-order valence-electron chi connectivity index (χ2n) is 10.9. The van der Waals surface area contributed by atoms with Crippen LogP contribution in [0.1, 0.15) is 59.5 Å². The summed E-state index contributed by atoms with van der Waals surface area (Å²) in [7, 11) is 0. The monoisotopic (exact) mass is 629 g/mol. The molecule has 45 heavy (non-hydrogen) atoms. The van der Waals surface area contributed by atoms with E-state index in [0.29, 0.717) is 35.2 Å².